The molecule has 0 unspecified atom stereocenters. The molecule has 7 heteroatoms. The summed E-state index contributed by atoms with van der Waals surface area (Å²) in [4.78, 5) is 20.1. The molecule has 114 valence electrons. The molecule has 0 amide bonds. The first-order chi connectivity index (χ1) is 10.6. The Balaban J connectivity index is 1.69. The van der Waals surface area contributed by atoms with Crippen LogP contribution in [0.25, 0.3) is 17.6 Å². The van der Waals surface area contributed by atoms with Crippen molar-refractivity contribution in [1.29, 1.82) is 0 Å². The van der Waals surface area contributed by atoms with Gasteiger partial charge in [0, 0.05) is 42.3 Å². The molecule has 1 saturated heterocycles. The molecule has 7 nitrogen and oxygen atoms in total. The molecule has 2 aromatic rings. The summed E-state index contributed by atoms with van der Waals surface area (Å²) in [6.07, 6.45) is 4.41. The minimum Gasteiger partial charge on any atom is -0.456 e. The second-order valence-electron chi connectivity index (χ2n) is 5.22. The van der Waals surface area contributed by atoms with E-state index in [0.717, 1.165) is 17.0 Å². The van der Waals surface area contributed by atoms with Crippen molar-refractivity contribution in [3.63, 3.8) is 0 Å². The molecule has 0 bridgehead atoms. The van der Waals surface area contributed by atoms with Crippen molar-refractivity contribution in [2.24, 2.45) is 0 Å². The maximum Gasteiger partial charge on any atom is 0.332 e. The molecule has 22 heavy (non-hydrogen) atoms. The van der Waals surface area contributed by atoms with E-state index < -0.39 is 0 Å². The molecule has 0 atom stereocenters. The van der Waals surface area contributed by atoms with Gasteiger partial charge in [-0.3, -0.25) is 4.98 Å². The highest BCUT2D eigenvalue weighted by Crippen LogP contribution is 2.16. The molecule has 1 N–H and O–H groups in total. The van der Waals surface area contributed by atoms with Crippen molar-refractivity contribution in [2.75, 3.05) is 13.1 Å². The largest absolute Gasteiger partial charge is 0.456 e. The van der Waals surface area contributed by atoms with E-state index in [0.29, 0.717) is 18.9 Å². The Hall–Kier alpha value is -2.54. The molecular weight excluding hydrogens is 282 g/mol. The second-order valence-corrected chi connectivity index (χ2v) is 5.22. The van der Waals surface area contributed by atoms with Crippen molar-refractivity contribution in [2.45, 2.75) is 20.0 Å². The Morgan fingerprint density at radius 2 is 2.09 bits per heavy atom. The van der Waals surface area contributed by atoms with E-state index in [1.807, 2.05) is 26.0 Å². The van der Waals surface area contributed by atoms with Crippen LogP contribution in [0.4, 0.5) is 0 Å². The number of hydrogen-bond donors (Lipinski definition) is 1. The van der Waals surface area contributed by atoms with E-state index in [1.54, 1.807) is 6.33 Å². The zero-order valence-corrected chi connectivity index (χ0v) is 12.5. The van der Waals surface area contributed by atoms with Crippen LogP contribution < -0.4 is 5.32 Å². The van der Waals surface area contributed by atoms with E-state index in [1.165, 1.54) is 17.0 Å². The van der Waals surface area contributed by atoms with E-state index in [4.69, 9.17) is 4.74 Å². The summed E-state index contributed by atoms with van der Waals surface area (Å²) < 4.78 is 6.66. The highest BCUT2D eigenvalue weighted by Gasteiger charge is 2.19. The SMILES string of the molecule is Cc1cc(-c2ncn(/C=C\C(=O)OC3CNC3)n2)cc(C)n1. The van der Waals surface area contributed by atoms with Gasteiger partial charge in [-0.1, -0.05) is 0 Å². The van der Waals surface area contributed by atoms with Gasteiger partial charge in [0.2, 0.25) is 0 Å². The van der Waals surface area contributed by atoms with Crippen molar-refractivity contribution >= 4 is 12.2 Å². The van der Waals surface area contributed by atoms with Crippen LogP contribution in [-0.4, -0.2) is 44.9 Å². The predicted molar refractivity (Wildman–Crippen MR) is 80.8 cm³/mol. The first-order valence-corrected chi connectivity index (χ1v) is 7.06. The Morgan fingerprint density at radius 1 is 1.36 bits per heavy atom. The second kappa shape index (κ2) is 6.07. The quantitative estimate of drug-likeness (QED) is 0.668. The van der Waals surface area contributed by atoms with Crippen LogP contribution in [0.5, 0.6) is 0 Å². The number of rotatable bonds is 4. The molecule has 0 radical (unpaired) electrons. The number of nitrogens with zero attached hydrogens (tertiary/aromatic N) is 4. The molecule has 0 aromatic carbocycles. The molecule has 2 aromatic heterocycles. The Bertz CT molecular complexity index is 698. The fraction of sp³-hybridized carbons (Fsp3) is 0.333. The third-order valence-corrected chi connectivity index (χ3v) is 3.24. The van der Waals surface area contributed by atoms with Crippen molar-refractivity contribution in [3.8, 4) is 11.4 Å². The molecule has 0 spiro atoms. The Kier molecular flexibility index (Phi) is 3.97. The Labute approximate surface area is 128 Å². The standard InChI is InChI=1S/C15H17N5O2/c1-10-5-12(6-11(2)18-10)15-17-9-20(19-15)4-3-14(21)22-13-7-16-8-13/h3-6,9,13,16H,7-8H2,1-2H3/b4-3-. The maximum absolute atomic E-state index is 11.6. The summed E-state index contributed by atoms with van der Waals surface area (Å²) >= 11 is 0. The summed E-state index contributed by atoms with van der Waals surface area (Å²) in [5, 5.41) is 7.36. The number of esters is 1. The van der Waals surface area contributed by atoms with Crippen LogP contribution in [0.2, 0.25) is 0 Å². The number of ether oxygens (including phenoxy) is 1. The molecule has 0 saturated carbocycles. The summed E-state index contributed by atoms with van der Waals surface area (Å²) in [5.41, 5.74) is 2.74. The van der Waals surface area contributed by atoms with Gasteiger partial charge in [-0.2, -0.15) is 0 Å². The molecule has 1 fully saturated rings. The topological polar surface area (TPSA) is 81.9 Å². The lowest BCUT2D eigenvalue weighted by Crippen LogP contribution is -2.49. The number of nitrogens with one attached hydrogen (secondary N) is 1. The maximum atomic E-state index is 11.6. The molecule has 3 heterocycles. The highest BCUT2D eigenvalue weighted by molar-refractivity contribution is 5.85. The summed E-state index contributed by atoms with van der Waals surface area (Å²) in [7, 11) is 0. The van der Waals surface area contributed by atoms with Crippen molar-refractivity contribution in [1.82, 2.24) is 25.1 Å². The number of hydrogen-bond acceptors (Lipinski definition) is 6. The van der Waals surface area contributed by atoms with Crippen molar-refractivity contribution in [3.05, 3.63) is 35.9 Å². The summed E-state index contributed by atoms with van der Waals surface area (Å²) in [5.74, 6) is 0.217. The van der Waals surface area contributed by atoms with Crippen molar-refractivity contribution < 1.29 is 9.53 Å². The fourth-order valence-electron chi connectivity index (χ4n) is 2.13. The predicted octanol–water partition coefficient (Wildman–Crippen LogP) is 0.943. The monoisotopic (exact) mass is 299 g/mol. The Morgan fingerprint density at radius 3 is 2.73 bits per heavy atom. The van der Waals surface area contributed by atoms with Gasteiger partial charge < -0.3 is 10.1 Å². The van der Waals surface area contributed by atoms with Crippen LogP contribution in [-0.2, 0) is 9.53 Å². The van der Waals surface area contributed by atoms with Crippen LogP contribution in [0.3, 0.4) is 0 Å². The lowest BCUT2D eigenvalue weighted by Gasteiger charge is -2.25. The van der Waals surface area contributed by atoms with E-state index in [2.05, 4.69) is 20.4 Å². The third kappa shape index (κ3) is 3.37. The summed E-state index contributed by atoms with van der Waals surface area (Å²) in [6, 6.07) is 3.85. The number of aromatic nitrogens is 4. The first-order valence-electron chi connectivity index (χ1n) is 7.06. The van der Waals surface area contributed by atoms with E-state index >= 15 is 0 Å². The average Bonchev–Trinajstić information content (AvgIpc) is 2.88. The molecule has 1 aliphatic rings. The van der Waals surface area contributed by atoms with E-state index in [-0.39, 0.29) is 12.1 Å². The van der Waals surface area contributed by atoms with Gasteiger partial charge in [-0.05, 0) is 26.0 Å². The number of carbonyl (C=O) groups is 1. The molecule has 3 rings (SSSR count). The van der Waals surface area contributed by atoms with E-state index in [9.17, 15) is 4.79 Å². The first kappa shape index (κ1) is 14.4. The smallest absolute Gasteiger partial charge is 0.332 e. The third-order valence-electron chi connectivity index (χ3n) is 3.24. The molecule has 1 aliphatic heterocycles. The van der Waals surface area contributed by atoms with Crippen LogP contribution >= 0.6 is 0 Å². The van der Waals surface area contributed by atoms with Gasteiger partial charge >= 0.3 is 5.97 Å². The van der Waals surface area contributed by atoms with Crippen LogP contribution in [0.1, 0.15) is 11.4 Å². The van der Waals surface area contributed by atoms with Gasteiger partial charge in [-0.15, -0.1) is 5.10 Å². The molecule has 0 aliphatic carbocycles. The van der Waals surface area contributed by atoms with Gasteiger partial charge in [0.1, 0.15) is 12.4 Å². The zero-order valence-electron chi connectivity index (χ0n) is 12.5. The zero-order chi connectivity index (χ0) is 15.5. The highest BCUT2D eigenvalue weighted by atomic mass is 16.5. The number of carbonyl (C=O) groups excluding carboxylic acids is 1. The summed E-state index contributed by atoms with van der Waals surface area (Å²) in [6.45, 7) is 5.29. The average molecular weight is 299 g/mol. The lowest BCUT2D eigenvalue weighted by atomic mass is 10.2. The minimum atomic E-state index is -0.376. The van der Waals surface area contributed by atoms with Crippen LogP contribution in [0, 0.1) is 13.8 Å². The van der Waals surface area contributed by atoms with Gasteiger partial charge in [0.25, 0.3) is 0 Å². The van der Waals surface area contributed by atoms with Gasteiger partial charge in [-0.25, -0.2) is 14.5 Å². The minimum absolute atomic E-state index is 0.0220. The number of pyridine rings is 1. The molecular formula is C15H17N5O2. The number of aryl methyl sites for hydroxylation is 2. The van der Waals surface area contributed by atoms with Gasteiger partial charge in [0.05, 0.1) is 0 Å². The normalized spacial score (nSPS) is 15.0. The van der Waals surface area contributed by atoms with Gasteiger partial charge in [0.15, 0.2) is 5.82 Å². The fourth-order valence-corrected chi connectivity index (χ4v) is 2.13. The van der Waals surface area contributed by atoms with Crippen LogP contribution in [0.15, 0.2) is 24.5 Å². The lowest BCUT2D eigenvalue weighted by molar-refractivity contribution is -0.145.